The molecule has 7 heteroatoms. The zero-order chi connectivity index (χ0) is 22.2. The number of benzene rings is 2. The minimum atomic E-state index is -4.82. The molecule has 1 aromatic heterocycles. The summed E-state index contributed by atoms with van der Waals surface area (Å²) in [6.07, 6.45) is -5.33. The number of fused-ring (bicyclic) bond motifs is 1. The van der Waals surface area contributed by atoms with Crippen molar-refractivity contribution in [2.24, 2.45) is 0 Å². The molecule has 3 nitrogen and oxygen atoms in total. The van der Waals surface area contributed by atoms with Crippen LogP contribution in [-0.2, 0) is 5.41 Å². The normalized spacial score (nSPS) is 14.5. The zero-order valence-corrected chi connectivity index (χ0v) is 17.8. The van der Waals surface area contributed by atoms with Crippen molar-refractivity contribution >= 4 is 28.2 Å². The number of aliphatic hydroxyl groups is 1. The van der Waals surface area contributed by atoms with Crippen LogP contribution in [-0.4, -0.2) is 28.4 Å². The van der Waals surface area contributed by atoms with Crippen molar-refractivity contribution in [3.05, 3.63) is 70.9 Å². The molecule has 30 heavy (non-hydrogen) atoms. The third-order valence-electron chi connectivity index (χ3n) is 5.33. The first-order valence-electron chi connectivity index (χ1n) is 9.57. The molecule has 0 spiro atoms. The second kappa shape index (κ2) is 8.08. The van der Waals surface area contributed by atoms with Gasteiger partial charge in [-0.2, -0.15) is 13.2 Å². The van der Waals surface area contributed by atoms with E-state index in [1.54, 1.807) is 62.4 Å². The van der Waals surface area contributed by atoms with Gasteiger partial charge in [-0.25, -0.2) is 0 Å². The minimum absolute atomic E-state index is 0.493. The van der Waals surface area contributed by atoms with Crippen LogP contribution < -0.4 is 5.32 Å². The highest BCUT2D eigenvalue weighted by Gasteiger charge is 2.55. The first kappa shape index (κ1) is 22.4. The quantitative estimate of drug-likeness (QED) is 0.478. The van der Waals surface area contributed by atoms with Gasteiger partial charge in [0.2, 0.25) is 0 Å². The maximum Gasteiger partial charge on any atom is 0.418 e. The number of nitrogens with one attached hydrogen (secondary N) is 1. The van der Waals surface area contributed by atoms with Crippen molar-refractivity contribution in [2.75, 3.05) is 11.9 Å². The van der Waals surface area contributed by atoms with Gasteiger partial charge in [0.15, 0.2) is 5.60 Å². The molecule has 2 aromatic carbocycles. The van der Waals surface area contributed by atoms with Gasteiger partial charge in [0.05, 0.1) is 12.1 Å². The molecule has 3 rings (SSSR count). The lowest BCUT2D eigenvalue weighted by atomic mass is 9.75. The van der Waals surface area contributed by atoms with E-state index in [2.05, 4.69) is 10.3 Å². The van der Waals surface area contributed by atoms with Crippen LogP contribution in [0.4, 0.5) is 18.9 Å². The van der Waals surface area contributed by atoms with E-state index < -0.39 is 30.2 Å². The molecule has 160 valence electrons. The monoisotopic (exact) mass is 436 g/mol. The molecule has 1 atom stereocenters. The number of alkyl halides is 3. The molecular weight excluding hydrogens is 413 g/mol. The lowest BCUT2D eigenvalue weighted by molar-refractivity contribution is -0.260. The van der Waals surface area contributed by atoms with Crippen molar-refractivity contribution < 1.29 is 18.3 Å². The Morgan fingerprint density at radius 1 is 1.00 bits per heavy atom. The van der Waals surface area contributed by atoms with E-state index in [9.17, 15) is 18.3 Å². The summed E-state index contributed by atoms with van der Waals surface area (Å²) in [4.78, 5) is 4.40. The van der Waals surface area contributed by atoms with Gasteiger partial charge < -0.3 is 10.4 Å². The fraction of sp³-hybridized carbons (Fsp3) is 0.348. The first-order chi connectivity index (χ1) is 13.9. The number of anilines is 1. The number of nitrogens with zero attached hydrogens (tertiary/aromatic N) is 1. The van der Waals surface area contributed by atoms with Crippen molar-refractivity contribution in [1.82, 2.24) is 4.98 Å². The maximum atomic E-state index is 14.0. The molecule has 1 unspecified atom stereocenters. The Bertz CT molecular complexity index is 1030. The van der Waals surface area contributed by atoms with Gasteiger partial charge in [0.25, 0.3) is 0 Å². The fourth-order valence-electron chi connectivity index (χ4n) is 3.65. The Kier molecular flexibility index (Phi) is 6.03. The Morgan fingerprint density at radius 3 is 2.30 bits per heavy atom. The van der Waals surface area contributed by atoms with Crippen LogP contribution in [0.2, 0.25) is 5.02 Å². The van der Waals surface area contributed by atoms with E-state index in [1.807, 2.05) is 13.0 Å². The third kappa shape index (κ3) is 4.71. The number of halogens is 4. The molecule has 2 N–H and O–H groups in total. The first-order valence-corrected chi connectivity index (χ1v) is 9.94. The van der Waals surface area contributed by atoms with Crippen LogP contribution >= 0.6 is 11.6 Å². The average Bonchev–Trinajstić information content (AvgIpc) is 2.65. The standard InChI is InChI=1S/C23H24ClF3N2O/c1-15-7-12-18-19(5-4-6-20(18)29-15)28-14-22(30,23(25,26)27)13-21(2,3)16-8-10-17(24)11-9-16/h4-12,28,30H,13-14H2,1-3H3. The molecule has 0 aliphatic rings. The lowest BCUT2D eigenvalue weighted by Crippen LogP contribution is -2.53. The van der Waals surface area contributed by atoms with Gasteiger partial charge in [-0.05, 0) is 60.7 Å². The van der Waals surface area contributed by atoms with Crippen LogP contribution in [0.1, 0.15) is 31.5 Å². The van der Waals surface area contributed by atoms with Gasteiger partial charge in [-0.1, -0.05) is 43.6 Å². The van der Waals surface area contributed by atoms with E-state index in [-0.39, 0.29) is 0 Å². The highest BCUT2D eigenvalue weighted by Crippen LogP contribution is 2.41. The Morgan fingerprint density at radius 2 is 1.67 bits per heavy atom. The topological polar surface area (TPSA) is 45.1 Å². The lowest BCUT2D eigenvalue weighted by Gasteiger charge is -2.38. The third-order valence-corrected chi connectivity index (χ3v) is 5.58. The molecule has 0 bridgehead atoms. The highest BCUT2D eigenvalue weighted by molar-refractivity contribution is 6.30. The number of hydrogen-bond acceptors (Lipinski definition) is 3. The largest absolute Gasteiger partial charge is 0.418 e. The van der Waals surface area contributed by atoms with E-state index in [0.29, 0.717) is 27.2 Å². The molecule has 3 aromatic rings. The molecule has 0 amide bonds. The summed E-state index contributed by atoms with van der Waals surface area (Å²) in [5, 5.41) is 14.8. The molecule has 0 saturated carbocycles. The van der Waals surface area contributed by atoms with Crippen LogP contribution in [0.15, 0.2) is 54.6 Å². The number of hydrogen-bond donors (Lipinski definition) is 2. The zero-order valence-electron chi connectivity index (χ0n) is 17.0. The highest BCUT2D eigenvalue weighted by atomic mass is 35.5. The van der Waals surface area contributed by atoms with Crippen LogP contribution in [0.3, 0.4) is 0 Å². The second-order valence-corrected chi connectivity index (χ2v) is 8.71. The molecule has 0 radical (unpaired) electrons. The van der Waals surface area contributed by atoms with E-state index in [1.165, 1.54) is 0 Å². The summed E-state index contributed by atoms with van der Waals surface area (Å²) < 4.78 is 41.9. The Balaban J connectivity index is 1.88. The van der Waals surface area contributed by atoms with E-state index >= 15 is 0 Å². The number of pyridine rings is 1. The Hall–Kier alpha value is -2.31. The van der Waals surface area contributed by atoms with Gasteiger partial charge in [0.1, 0.15) is 0 Å². The summed E-state index contributed by atoms with van der Waals surface area (Å²) in [5.74, 6) is 0. The summed E-state index contributed by atoms with van der Waals surface area (Å²) in [6.45, 7) is 4.52. The van der Waals surface area contributed by atoms with Crippen molar-refractivity contribution in [3.8, 4) is 0 Å². The van der Waals surface area contributed by atoms with Gasteiger partial charge in [0, 0.05) is 21.8 Å². The number of rotatable bonds is 6. The average molecular weight is 437 g/mol. The SMILES string of the molecule is Cc1ccc2c(NCC(O)(CC(C)(C)c3ccc(Cl)cc3)C(F)(F)F)cccc2n1. The summed E-state index contributed by atoms with van der Waals surface area (Å²) in [6, 6.07) is 15.5. The summed E-state index contributed by atoms with van der Waals surface area (Å²) in [5.41, 5.74) is -1.22. The Labute approximate surface area is 178 Å². The van der Waals surface area contributed by atoms with Crippen LogP contribution in [0, 0.1) is 6.92 Å². The smallest absolute Gasteiger partial charge is 0.381 e. The van der Waals surface area contributed by atoms with Gasteiger partial charge in [-0.3, -0.25) is 4.98 Å². The maximum absolute atomic E-state index is 14.0. The van der Waals surface area contributed by atoms with Crippen LogP contribution in [0.25, 0.3) is 10.9 Å². The van der Waals surface area contributed by atoms with Crippen LogP contribution in [0.5, 0.6) is 0 Å². The number of aromatic nitrogens is 1. The fourth-order valence-corrected chi connectivity index (χ4v) is 3.78. The molecule has 1 heterocycles. The van der Waals surface area contributed by atoms with E-state index in [4.69, 9.17) is 11.6 Å². The van der Waals surface area contributed by atoms with Gasteiger partial charge in [-0.15, -0.1) is 0 Å². The molecule has 0 fully saturated rings. The van der Waals surface area contributed by atoms with E-state index in [0.717, 1.165) is 5.69 Å². The molecule has 0 aliphatic heterocycles. The van der Waals surface area contributed by atoms with Crippen molar-refractivity contribution in [2.45, 2.75) is 44.4 Å². The van der Waals surface area contributed by atoms with Gasteiger partial charge >= 0.3 is 6.18 Å². The predicted molar refractivity (Wildman–Crippen MR) is 115 cm³/mol. The predicted octanol–water partition coefficient (Wildman–Crippen LogP) is 6.27. The van der Waals surface area contributed by atoms with Crippen molar-refractivity contribution in [3.63, 3.8) is 0 Å². The minimum Gasteiger partial charge on any atom is -0.381 e. The molecule has 0 aliphatic carbocycles. The summed E-state index contributed by atoms with van der Waals surface area (Å²) in [7, 11) is 0. The second-order valence-electron chi connectivity index (χ2n) is 8.28. The number of aryl methyl sites for hydroxylation is 1. The molecule has 0 saturated heterocycles. The molecular formula is C23H24ClF3N2O. The summed E-state index contributed by atoms with van der Waals surface area (Å²) >= 11 is 5.90. The van der Waals surface area contributed by atoms with Crippen molar-refractivity contribution in [1.29, 1.82) is 0 Å².